The number of benzene rings is 2. The van der Waals surface area contributed by atoms with Gasteiger partial charge in [0, 0.05) is 17.8 Å². The van der Waals surface area contributed by atoms with Gasteiger partial charge in [-0.3, -0.25) is 4.40 Å². The lowest BCUT2D eigenvalue weighted by Crippen LogP contribution is -2.23. The molecule has 7 heteroatoms. The van der Waals surface area contributed by atoms with E-state index in [1.165, 1.54) is 19.3 Å². The first-order chi connectivity index (χ1) is 16.0. The van der Waals surface area contributed by atoms with Crippen molar-refractivity contribution < 1.29 is 12.6 Å². The Labute approximate surface area is 194 Å². The van der Waals surface area contributed by atoms with E-state index in [0.717, 1.165) is 41.1 Å². The second kappa shape index (κ2) is 8.90. The Kier molecular flexibility index (Phi) is 5.81. The zero-order valence-corrected chi connectivity index (χ0v) is 19.4. The van der Waals surface area contributed by atoms with Crippen molar-refractivity contribution in [1.82, 2.24) is 9.38 Å². The van der Waals surface area contributed by atoms with Crippen LogP contribution in [-0.4, -0.2) is 23.8 Å². The van der Waals surface area contributed by atoms with Crippen molar-refractivity contribution in [2.45, 2.75) is 50.0 Å². The molecular formula is C26H27N3O3S. The molecule has 1 fully saturated rings. The summed E-state index contributed by atoms with van der Waals surface area (Å²) < 4.78 is 32.7. The number of rotatable bonds is 6. The van der Waals surface area contributed by atoms with Crippen LogP contribution in [0.1, 0.15) is 37.7 Å². The van der Waals surface area contributed by atoms with E-state index in [1.807, 2.05) is 43.5 Å². The quantitative estimate of drug-likeness (QED) is 0.366. The van der Waals surface area contributed by atoms with Crippen LogP contribution in [0, 0.1) is 6.92 Å². The van der Waals surface area contributed by atoms with Gasteiger partial charge in [0.2, 0.25) is 0 Å². The molecule has 0 atom stereocenters. The topological polar surface area (TPSA) is 72.7 Å². The van der Waals surface area contributed by atoms with Gasteiger partial charge < -0.3 is 9.50 Å². The van der Waals surface area contributed by atoms with Gasteiger partial charge in [0.15, 0.2) is 0 Å². The molecule has 1 N–H and O–H groups in total. The van der Waals surface area contributed by atoms with Gasteiger partial charge in [-0.15, -0.1) is 0 Å². The molecule has 1 aliphatic rings. The Hall–Kier alpha value is -3.32. The van der Waals surface area contributed by atoms with Crippen molar-refractivity contribution >= 4 is 21.6 Å². The molecule has 5 rings (SSSR count). The van der Waals surface area contributed by atoms with Gasteiger partial charge in [-0.1, -0.05) is 43.0 Å². The van der Waals surface area contributed by atoms with Crippen LogP contribution in [0.15, 0.2) is 77.8 Å². The molecule has 2 aromatic heterocycles. The van der Waals surface area contributed by atoms with E-state index in [0.29, 0.717) is 6.04 Å². The van der Waals surface area contributed by atoms with Crippen LogP contribution >= 0.6 is 0 Å². The third kappa shape index (κ3) is 4.59. The number of hydrogen-bond donors (Lipinski definition) is 1. The number of imidazole rings is 1. The number of anilines is 1. The highest BCUT2D eigenvalue weighted by Gasteiger charge is 2.20. The van der Waals surface area contributed by atoms with Crippen molar-refractivity contribution in [1.29, 1.82) is 0 Å². The van der Waals surface area contributed by atoms with E-state index in [2.05, 4.69) is 9.72 Å². The minimum absolute atomic E-state index is 0.136. The van der Waals surface area contributed by atoms with Gasteiger partial charge >= 0.3 is 10.1 Å². The average molecular weight is 462 g/mol. The van der Waals surface area contributed by atoms with Crippen LogP contribution in [-0.2, 0) is 10.1 Å². The number of nitrogens with one attached hydrogen (secondary N) is 1. The van der Waals surface area contributed by atoms with Gasteiger partial charge in [-0.2, -0.15) is 8.42 Å². The van der Waals surface area contributed by atoms with Crippen molar-refractivity contribution in [2.75, 3.05) is 5.32 Å². The highest BCUT2D eigenvalue weighted by Crippen LogP contribution is 2.32. The maximum absolute atomic E-state index is 12.6. The molecule has 2 aromatic carbocycles. The Morgan fingerprint density at radius 3 is 2.39 bits per heavy atom. The zero-order chi connectivity index (χ0) is 22.8. The molecule has 1 aliphatic carbocycles. The highest BCUT2D eigenvalue weighted by atomic mass is 32.2. The molecule has 0 amide bonds. The molecule has 170 valence electrons. The minimum Gasteiger partial charge on any atom is -0.379 e. The number of hydrogen-bond acceptors (Lipinski definition) is 5. The van der Waals surface area contributed by atoms with Crippen LogP contribution in [0.2, 0.25) is 0 Å². The minimum atomic E-state index is -3.89. The highest BCUT2D eigenvalue weighted by molar-refractivity contribution is 7.87. The Morgan fingerprint density at radius 1 is 0.939 bits per heavy atom. The number of nitrogens with zero attached hydrogens (tertiary/aromatic N) is 2. The van der Waals surface area contributed by atoms with Crippen LogP contribution < -0.4 is 9.50 Å². The summed E-state index contributed by atoms with van der Waals surface area (Å²) in [5.74, 6) is 1.24. The fourth-order valence-electron chi connectivity index (χ4n) is 4.32. The molecule has 0 saturated heterocycles. The van der Waals surface area contributed by atoms with Crippen molar-refractivity contribution in [3.8, 4) is 17.0 Å². The summed E-state index contributed by atoms with van der Waals surface area (Å²) in [6, 6.07) is 20.1. The summed E-state index contributed by atoms with van der Waals surface area (Å²) in [6.07, 6.45) is 8.11. The lowest BCUT2D eigenvalue weighted by atomic mass is 9.95. The van der Waals surface area contributed by atoms with Crippen molar-refractivity contribution in [3.63, 3.8) is 0 Å². The van der Waals surface area contributed by atoms with Gasteiger partial charge in [0.05, 0.1) is 0 Å². The van der Waals surface area contributed by atoms with E-state index >= 15 is 0 Å². The fourth-order valence-corrected chi connectivity index (χ4v) is 5.25. The van der Waals surface area contributed by atoms with E-state index < -0.39 is 10.1 Å². The maximum atomic E-state index is 12.6. The number of fused-ring (bicyclic) bond motifs is 1. The molecule has 0 unspecified atom stereocenters. The Balaban J connectivity index is 1.43. The predicted octanol–water partition coefficient (Wildman–Crippen LogP) is 5.82. The molecule has 0 bridgehead atoms. The molecule has 0 spiro atoms. The Bertz CT molecular complexity index is 1350. The first-order valence-corrected chi connectivity index (χ1v) is 12.8. The molecule has 0 aliphatic heterocycles. The van der Waals surface area contributed by atoms with Crippen LogP contribution in [0.5, 0.6) is 5.75 Å². The second-order valence-corrected chi connectivity index (χ2v) is 10.1. The summed E-state index contributed by atoms with van der Waals surface area (Å²) in [5, 5.41) is 3.72. The third-order valence-electron chi connectivity index (χ3n) is 6.12. The normalized spacial score (nSPS) is 14.9. The summed E-state index contributed by atoms with van der Waals surface area (Å²) in [5.41, 5.74) is 3.60. The van der Waals surface area contributed by atoms with Crippen molar-refractivity contribution in [3.05, 3.63) is 78.5 Å². The fraction of sp³-hybridized carbons (Fsp3) is 0.269. The standard InChI is InChI=1S/C26H27N3O3S/c1-19-10-16-23(17-11-19)33(30,31)32-22-14-12-20(13-15-22)25-26(27-21-7-3-2-4-8-21)29-18-6-5-9-24(29)28-25/h5-6,9-18,21,27H,2-4,7-8H2,1H3. The average Bonchev–Trinajstić information content (AvgIpc) is 3.19. The number of aryl methyl sites for hydroxylation is 1. The van der Waals surface area contributed by atoms with Gasteiger partial charge in [-0.05, 0) is 68.3 Å². The first-order valence-electron chi connectivity index (χ1n) is 11.3. The lowest BCUT2D eigenvalue weighted by Gasteiger charge is -2.24. The molecule has 33 heavy (non-hydrogen) atoms. The first kappa shape index (κ1) is 21.5. The second-order valence-electron chi connectivity index (χ2n) is 8.59. The van der Waals surface area contributed by atoms with Crippen molar-refractivity contribution in [2.24, 2.45) is 0 Å². The number of pyridine rings is 1. The molecule has 6 nitrogen and oxygen atoms in total. The molecule has 4 aromatic rings. The van der Waals surface area contributed by atoms with Gasteiger partial charge in [0.25, 0.3) is 0 Å². The monoisotopic (exact) mass is 461 g/mol. The summed E-state index contributed by atoms with van der Waals surface area (Å²) in [4.78, 5) is 4.99. The summed E-state index contributed by atoms with van der Waals surface area (Å²) in [6.45, 7) is 1.91. The predicted molar refractivity (Wildman–Crippen MR) is 130 cm³/mol. The summed E-state index contributed by atoms with van der Waals surface area (Å²) >= 11 is 0. The Morgan fingerprint density at radius 2 is 1.67 bits per heavy atom. The molecule has 2 heterocycles. The van der Waals surface area contributed by atoms with Crippen LogP contribution in [0.25, 0.3) is 16.9 Å². The smallest absolute Gasteiger partial charge is 0.339 e. The molecule has 1 saturated carbocycles. The van der Waals surface area contributed by atoms with Gasteiger partial charge in [-0.25, -0.2) is 4.98 Å². The van der Waals surface area contributed by atoms with E-state index in [-0.39, 0.29) is 10.6 Å². The van der Waals surface area contributed by atoms with E-state index in [4.69, 9.17) is 9.17 Å². The zero-order valence-electron chi connectivity index (χ0n) is 18.6. The largest absolute Gasteiger partial charge is 0.379 e. The molecular weight excluding hydrogens is 434 g/mol. The third-order valence-corrected chi connectivity index (χ3v) is 7.38. The lowest BCUT2D eigenvalue weighted by molar-refractivity contribution is 0.462. The SMILES string of the molecule is Cc1ccc(S(=O)(=O)Oc2ccc(-c3nc4ccccn4c3NC3CCCCC3)cc2)cc1. The van der Waals surface area contributed by atoms with Crippen LogP contribution in [0.4, 0.5) is 5.82 Å². The van der Waals surface area contributed by atoms with E-state index in [9.17, 15) is 8.42 Å². The molecule has 0 radical (unpaired) electrons. The van der Waals surface area contributed by atoms with E-state index in [1.54, 1.807) is 36.4 Å². The van der Waals surface area contributed by atoms with Gasteiger partial charge in [0.1, 0.15) is 27.8 Å². The summed E-state index contributed by atoms with van der Waals surface area (Å²) in [7, 11) is -3.89. The number of aromatic nitrogens is 2. The maximum Gasteiger partial charge on any atom is 0.339 e. The van der Waals surface area contributed by atoms with Crippen LogP contribution in [0.3, 0.4) is 0 Å².